The quantitative estimate of drug-likeness (QED) is 0.372. The van der Waals surface area contributed by atoms with Crippen LogP contribution in [0.5, 0.6) is 0 Å². The number of hydrogen-bond acceptors (Lipinski definition) is 3. The van der Waals surface area contributed by atoms with Gasteiger partial charge in [0.25, 0.3) is 0 Å². The second kappa shape index (κ2) is 10.5. The van der Waals surface area contributed by atoms with Crippen molar-refractivity contribution in [1.82, 2.24) is 14.9 Å². The van der Waals surface area contributed by atoms with Crippen LogP contribution >= 0.6 is 24.0 Å². The molecule has 0 unspecified atom stereocenters. The average Bonchev–Trinajstić information content (AvgIpc) is 2.62. The molecule has 2 N–H and O–H groups in total. The molecule has 0 heterocycles. The Morgan fingerprint density at radius 1 is 1.00 bits per heavy atom. The maximum absolute atomic E-state index is 11.7. The van der Waals surface area contributed by atoms with Gasteiger partial charge >= 0.3 is 0 Å². The Morgan fingerprint density at radius 3 is 2.15 bits per heavy atom. The van der Waals surface area contributed by atoms with E-state index in [2.05, 4.69) is 15.0 Å². The minimum Gasteiger partial charge on any atom is -0.352 e. The number of nitrogens with one attached hydrogen (secondary N) is 2. The number of sulfonamides is 1. The van der Waals surface area contributed by atoms with Crippen molar-refractivity contribution in [3.63, 3.8) is 0 Å². The van der Waals surface area contributed by atoms with Gasteiger partial charge < -0.3 is 10.2 Å². The molecule has 0 radical (unpaired) electrons. The Hall–Kier alpha value is -1.65. The molecular formula is C18H25IN4O2S. The van der Waals surface area contributed by atoms with Crippen molar-refractivity contribution in [3.8, 4) is 0 Å². The van der Waals surface area contributed by atoms with Crippen molar-refractivity contribution in [3.05, 3.63) is 65.7 Å². The van der Waals surface area contributed by atoms with Crippen LogP contribution in [-0.4, -0.2) is 40.4 Å². The molecule has 26 heavy (non-hydrogen) atoms. The second-order valence-corrected chi connectivity index (χ2v) is 7.61. The Bertz CT molecular complexity index is 807. The number of guanidine groups is 1. The molecule has 0 amide bonds. The summed E-state index contributed by atoms with van der Waals surface area (Å²) in [6, 6.07) is 16.8. The molecule has 0 aliphatic heterocycles. The molecule has 0 aromatic heterocycles. The van der Waals surface area contributed by atoms with Crippen LogP contribution in [0.4, 0.5) is 0 Å². The molecule has 0 aliphatic rings. The van der Waals surface area contributed by atoms with E-state index in [4.69, 9.17) is 0 Å². The SMILES string of the molecule is CNS(=O)(=O)c1ccc(CNC(=NCc2ccccc2)N(C)C)cc1.I. The fourth-order valence-corrected chi connectivity index (χ4v) is 2.92. The van der Waals surface area contributed by atoms with Crippen molar-refractivity contribution in [2.45, 2.75) is 18.0 Å². The van der Waals surface area contributed by atoms with Crippen molar-refractivity contribution in [2.75, 3.05) is 21.1 Å². The van der Waals surface area contributed by atoms with Gasteiger partial charge in [-0.1, -0.05) is 42.5 Å². The minimum atomic E-state index is -3.40. The lowest BCUT2D eigenvalue weighted by Gasteiger charge is -2.18. The van der Waals surface area contributed by atoms with Gasteiger partial charge in [0.2, 0.25) is 10.0 Å². The highest BCUT2D eigenvalue weighted by Gasteiger charge is 2.10. The first-order valence-corrected chi connectivity index (χ1v) is 9.43. The monoisotopic (exact) mass is 488 g/mol. The molecule has 8 heteroatoms. The maximum Gasteiger partial charge on any atom is 0.240 e. The molecule has 0 spiro atoms. The lowest BCUT2D eigenvalue weighted by atomic mass is 10.2. The number of nitrogens with zero attached hydrogens (tertiary/aromatic N) is 2. The Kier molecular flexibility index (Phi) is 9.03. The van der Waals surface area contributed by atoms with Crippen molar-refractivity contribution in [1.29, 1.82) is 0 Å². The maximum atomic E-state index is 11.7. The first-order chi connectivity index (χ1) is 11.9. The fourth-order valence-electron chi connectivity index (χ4n) is 2.19. The highest BCUT2D eigenvalue weighted by atomic mass is 127. The third-order valence-electron chi connectivity index (χ3n) is 3.63. The second-order valence-electron chi connectivity index (χ2n) is 5.72. The van der Waals surface area contributed by atoms with Crippen LogP contribution in [0, 0.1) is 0 Å². The van der Waals surface area contributed by atoms with Gasteiger partial charge in [-0.15, -0.1) is 24.0 Å². The first-order valence-electron chi connectivity index (χ1n) is 7.94. The topological polar surface area (TPSA) is 73.8 Å². The third-order valence-corrected chi connectivity index (χ3v) is 5.06. The van der Waals surface area contributed by atoms with E-state index in [1.54, 1.807) is 24.3 Å². The number of hydrogen-bond donors (Lipinski definition) is 2. The van der Waals surface area contributed by atoms with Crippen LogP contribution in [0.15, 0.2) is 64.5 Å². The van der Waals surface area contributed by atoms with Crippen molar-refractivity contribution in [2.24, 2.45) is 4.99 Å². The lowest BCUT2D eigenvalue weighted by molar-refractivity contribution is 0.578. The summed E-state index contributed by atoms with van der Waals surface area (Å²) in [6.07, 6.45) is 0. The molecule has 0 bridgehead atoms. The van der Waals surface area contributed by atoms with Crippen LogP contribution < -0.4 is 10.0 Å². The third kappa shape index (κ3) is 6.58. The number of aliphatic imine (C=N–C) groups is 1. The minimum absolute atomic E-state index is 0. The lowest BCUT2D eigenvalue weighted by Crippen LogP contribution is -2.36. The van der Waals surface area contributed by atoms with E-state index in [1.807, 2.05) is 49.3 Å². The average molecular weight is 488 g/mol. The van der Waals surface area contributed by atoms with Crippen molar-refractivity contribution < 1.29 is 8.42 Å². The first kappa shape index (κ1) is 22.4. The zero-order chi connectivity index (χ0) is 18.3. The van der Waals surface area contributed by atoms with Gasteiger partial charge in [-0.05, 0) is 30.3 Å². The zero-order valence-electron chi connectivity index (χ0n) is 15.1. The van der Waals surface area contributed by atoms with Gasteiger partial charge in [-0.3, -0.25) is 0 Å². The summed E-state index contributed by atoms with van der Waals surface area (Å²) in [4.78, 5) is 6.78. The number of benzene rings is 2. The molecule has 0 saturated carbocycles. The molecule has 6 nitrogen and oxygen atoms in total. The van der Waals surface area contributed by atoms with Gasteiger partial charge in [-0.2, -0.15) is 0 Å². The van der Waals surface area contributed by atoms with Crippen LogP contribution in [0.1, 0.15) is 11.1 Å². The Labute approximate surface area is 172 Å². The summed E-state index contributed by atoms with van der Waals surface area (Å²) >= 11 is 0. The van der Waals surface area contributed by atoms with E-state index in [1.165, 1.54) is 7.05 Å². The molecule has 0 aliphatic carbocycles. The Morgan fingerprint density at radius 2 is 1.62 bits per heavy atom. The van der Waals surface area contributed by atoms with E-state index in [0.29, 0.717) is 13.1 Å². The highest BCUT2D eigenvalue weighted by Crippen LogP contribution is 2.10. The zero-order valence-corrected chi connectivity index (χ0v) is 18.3. The predicted molar refractivity (Wildman–Crippen MR) is 116 cm³/mol. The molecule has 0 atom stereocenters. The number of rotatable bonds is 6. The van der Waals surface area contributed by atoms with E-state index in [-0.39, 0.29) is 28.9 Å². The van der Waals surface area contributed by atoms with Crippen LogP contribution in [0.2, 0.25) is 0 Å². The summed E-state index contributed by atoms with van der Waals surface area (Å²) in [6.45, 7) is 1.16. The van der Waals surface area contributed by atoms with Crippen LogP contribution in [0.3, 0.4) is 0 Å². The van der Waals surface area contributed by atoms with Gasteiger partial charge in [0.05, 0.1) is 11.4 Å². The highest BCUT2D eigenvalue weighted by molar-refractivity contribution is 14.0. The van der Waals surface area contributed by atoms with Crippen molar-refractivity contribution >= 4 is 40.0 Å². The van der Waals surface area contributed by atoms with Gasteiger partial charge in [0.1, 0.15) is 0 Å². The van der Waals surface area contributed by atoms with Gasteiger partial charge in [0.15, 0.2) is 5.96 Å². The summed E-state index contributed by atoms with van der Waals surface area (Å²) < 4.78 is 25.8. The molecule has 0 fully saturated rings. The summed E-state index contributed by atoms with van der Waals surface area (Å²) in [5.74, 6) is 0.774. The molecule has 142 valence electrons. The van der Waals surface area contributed by atoms with Gasteiger partial charge in [-0.25, -0.2) is 18.1 Å². The summed E-state index contributed by atoms with van der Waals surface area (Å²) in [5, 5.41) is 3.29. The molecule has 2 aromatic rings. The predicted octanol–water partition coefficient (Wildman–Crippen LogP) is 2.42. The Balaban J connectivity index is 0.00000338. The molecule has 2 aromatic carbocycles. The van der Waals surface area contributed by atoms with E-state index < -0.39 is 10.0 Å². The largest absolute Gasteiger partial charge is 0.352 e. The molecule has 2 rings (SSSR count). The smallest absolute Gasteiger partial charge is 0.240 e. The standard InChI is InChI=1S/C18H24N4O2S.HI/c1-19-25(23,24)17-11-9-16(10-12-17)14-21-18(22(2)3)20-13-15-7-5-4-6-8-15;/h4-12,19H,13-14H2,1-3H3,(H,20,21);1H. The summed E-state index contributed by atoms with van der Waals surface area (Å²) in [5.41, 5.74) is 2.12. The van der Waals surface area contributed by atoms with Crippen LogP contribution in [-0.2, 0) is 23.1 Å². The summed E-state index contributed by atoms with van der Waals surface area (Å²) in [7, 11) is 1.86. The molecule has 0 saturated heterocycles. The van der Waals surface area contributed by atoms with E-state index in [9.17, 15) is 8.42 Å². The van der Waals surface area contributed by atoms with Crippen LogP contribution in [0.25, 0.3) is 0 Å². The normalized spacial score (nSPS) is 11.6. The molecular weight excluding hydrogens is 463 g/mol. The number of halogens is 1. The fraction of sp³-hybridized carbons (Fsp3) is 0.278. The van der Waals surface area contributed by atoms with E-state index >= 15 is 0 Å². The van der Waals surface area contributed by atoms with Gasteiger partial charge in [0, 0.05) is 20.6 Å². The van der Waals surface area contributed by atoms with E-state index in [0.717, 1.165) is 17.1 Å².